The molecule has 2 aromatic rings. The molecule has 18 heavy (non-hydrogen) atoms. The van der Waals surface area contributed by atoms with Crippen LogP contribution in [0, 0.1) is 6.92 Å². The van der Waals surface area contributed by atoms with Crippen LogP contribution in [-0.4, -0.2) is 0 Å². The Labute approximate surface area is 124 Å². The van der Waals surface area contributed by atoms with Crippen LogP contribution in [0.2, 0.25) is 5.02 Å². The Morgan fingerprint density at radius 3 is 2.78 bits per heavy atom. The molecule has 1 unspecified atom stereocenters. The lowest BCUT2D eigenvalue weighted by molar-refractivity contribution is 0.559. The lowest BCUT2D eigenvalue weighted by Crippen LogP contribution is -2.29. The number of hydrogen-bond acceptors (Lipinski definition) is 3. The molecule has 0 saturated carbocycles. The molecule has 3 N–H and O–H groups in total. The Morgan fingerprint density at radius 1 is 1.44 bits per heavy atom. The van der Waals surface area contributed by atoms with Gasteiger partial charge in [0.25, 0.3) is 0 Å². The summed E-state index contributed by atoms with van der Waals surface area (Å²) in [6, 6.07) is 8.20. The van der Waals surface area contributed by atoms with E-state index in [4.69, 9.17) is 17.4 Å². The summed E-state index contributed by atoms with van der Waals surface area (Å²) in [5.74, 6) is 5.65. The Balaban J connectivity index is 2.23. The topological polar surface area (TPSA) is 38.0 Å². The lowest BCUT2D eigenvalue weighted by atomic mass is 10.0. The molecule has 2 nitrogen and oxygen atoms in total. The van der Waals surface area contributed by atoms with Gasteiger partial charge in [-0.25, -0.2) is 0 Å². The first-order chi connectivity index (χ1) is 8.61. The highest BCUT2D eigenvalue weighted by molar-refractivity contribution is 9.10. The second-order valence-corrected chi connectivity index (χ2v) is 6.36. The summed E-state index contributed by atoms with van der Waals surface area (Å²) in [6.45, 7) is 2.03. The van der Waals surface area contributed by atoms with E-state index < -0.39 is 0 Å². The molecule has 1 heterocycles. The molecule has 0 bridgehead atoms. The molecule has 1 aromatic heterocycles. The minimum absolute atomic E-state index is 0.0691. The first-order valence-electron chi connectivity index (χ1n) is 5.56. The van der Waals surface area contributed by atoms with Crippen LogP contribution < -0.4 is 11.3 Å². The largest absolute Gasteiger partial charge is 0.271 e. The van der Waals surface area contributed by atoms with E-state index in [-0.39, 0.29) is 6.04 Å². The van der Waals surface area contributed by atoms with Crippen molar-refractivity contribution in [3.8, 4) is 0 Å². The van der Waals surface area contributed by atoms with Crippen molar-refractivity contribution in [3.63, 3.8) is 0 Å². The zero-order valence-electron chi connectivity index (χ0n) is 9.91. The van der Waals surface area contributed by atoms with Crippen molar-refractivity contribution in [2.45, 2.75) is 19.4 Å². The monoisotopic (exact) mass is 344 g/mol. The summed E-state index contributed by atoms with van der Waals surface area (Å²) >= 11 is 11.5. The average Bonchev–Trinajstić information content (AvgIpc) is 2.75. The van der Waals surface area contributed by atoms with E-state index >= 15 is 0 Å². The maximum atomic E-state index is 6.25. The minimum atomic E-state index is 0.0691. The zero-order valence-corrected chi connectivity index (χ0v) is 13.1. The maximum Gasteiger partial charge on any atom is 0.0605 e. The van der Waals surface area contributed by atoms with Gasteiger partial charge in [0.2, 0.25) is 0 Å². The van der Waals surface area contributed by atoms with E-state index in [0.717, 1.165) is 21.5 Å². The molecule has 0 aliphatic rings. The van der Waals surface area contributed by atoms with Crippen molar-refractivity contribution in [1.82, 2.24) is 5.43 Å². The number of benzene rings is 1. The van der Waals surface area contributed by atoms with Crippen LogP contribution in [0.4, 0.5) is 0 Å². The van der Waals surface area contributed by atoms with E-state index in [1.54, 1.807) is 11.3 Å². The molecule has 0 radical (unpaired) electrons. The van der Waals surface area contributed by atoms with Gasteiger partial charge in [-0.15, -0.1) is 11.3 Å². The quantitative estimate of drug-likeness (QED) is 0.643. The summed E-state index contributed by atoms with van der Waals surface area (Å²) in [5.41, 5.74) is 5.12. The normalized spacial score (nSPS) is 12.7. The van der Waals surface area contributed by atoms with Crippen LogP contribution in [0.3, 0.4) is 0 Å². The van der Waals surface area contributed by atoms with Crippen LogP contribution >= 0.6 is 38.9 Å². The van der Waals surface area contributed by atoms with E-state index in [0.29, 0.717) is 0 Å². The summed E-state index contributed by atoms with van der Waals surface area (Å²) in [6.07, 6.45) is 0.773. The third kappa shape index (κ3) is 3.13. The molecule has 96 valence electrons. The fraction of sp³-hybridized carbons (Fsp3) is 0.231. The molecule has 0 fully saturated rings. The molecule has 0 aliphatic carbocycles. The summed E-state index contributed by atoms with van der Waals surface area (Å²) in [7, 11) is 0. The third-order valence-electron chi connectivity index (χ3n) is 2.80. The highest BCUT2D eigenvalue weighted by atomic mass is 79.9. The Kier molecular flexibility index (Phi) is 4.81. The van der Waals surface area contributed by atoms with Gasteiger partial charge in [0.05, 0.1) is 6.04 Å². The maximum absolute atomic E-state index is 6.25. The molecule has 0 amide bonds. The summed E-state index contributed by atoms with van der Waals surface area (Å²) < 4.78 is 1.08. The fourth-order valence-electron chi connectivity index (χ4n) is 1.82. The Hall–Kier alpha value is -0.390. The predicted octanol–water partition coefficient (Wildman–Crippen LogP) is 4.22. The van der Waals surface area contributed by atoms with Crippen molar-refractivity contribution in [1.29, 1.82) is 0 Å². The SMILES string of the molecule is Cc1ccc(CC(NN)c2sccc2Br)c(Cl)c1. The molecule has 2 rings (SSSR count). The number of hydrazine groups is 1. The first kappa shape index (κ1) is 14.0. The smallest absolute Gasteiger partial charge is 0.0605 e. The third-order valence-corrected chi connectivity index (χ3v) is 5.13. The lowest BCUT2D eigenvalue weighted by Gasteiger charge is -2.16. The van der Waals surface area contributed by atoms with Gasteiger partial charge in [0, 0.05) is 14.4 Å². The highest BCUT2D eigenvalue weighted by Gasteiger charge is 2.16. The van der Waals surface area contributed by atoms with Crippen molar-refractivity contribution in [2.24, 2.45) is 5.84 Å². The van der Waals surface area contributed by atoms with Gasteiger partial charge in [-0.1, -0.05) is 23.7 Å². The van der Waals surface area contributed by atoms with Crippen LogP contribution in [-0.2, 0) is 6.42 Å². The minimum Gasteiger partial charge on any atom is -0.271 e. The predicted molar refractivity (Wildman–Crippen MR) is 82.0 cm³/mol. The Morgan fingerprint density at radius 2 is 2.22 bits per heavy atom. The molecule has 0 saturated heterocycles. The second kappa shape index (κ2) is 6.17. The average molecular weight is 346 g/mol. The zero-order chi connectivity index (χ0) is 13.1. The summed E-state index contributed by atoms with van der Waals surface area (Å²) in [4.78, 5) is 1.19. The van der Waals surface area contributed by atoms with E-state index in [2.05, 4.69) is 33.5 Å². The van der Waals surface area contributed by atoms with Crippen molar-refractivity contribution >= 4 is 38.9 Å². The van der Waals surface area contributed by atoms with E-state index in [9.17, 15) is 0 Å². The van der Waals surface area contributed by atoms with Crippen LogP contribution in [0.1, 0.15) is 22.0 Å². The molecule has 1 atom stereocenters. The van der Waals surface area contributed by atoms with Gasteiger partial charge in [-0.3, -0.25) is 11.3 Å². The van der Waals surface area contributed by atoms with Gasteiger partial charge in [0.1, 0.15) is 0 Å². The fourth-order valence-corrected chi connectivity index (χ4v) is 3.84. The molecule has 0 aliphatic heterocycles. The standard InChI is InChI=1S/C13H14BrClN2S/c1-8-2-3-9(11(15)6-8)7-12(17-16)13-10(14)4-5-18-13/h2-6,12,17H,7,16H2,1H3. The van der Waals surface area contributed by atoms with Gasteiger partial charge >= 0.3 is 0 Å². The van der Waals surface area contributed by atoms with Crippen LogP contribution in [0.15, 0.2) is 34.1 Å². The highest BCUT2D eigenvalue weighted by Crippen LogP contribution is 2.32. The number of thiophene rings is 1. The van der Waals surface area contributed by atoms with E-state index in [1.807, 2.05) is 24.4 Å². The second-order valence-electron chi connectivity index (χ2n) is 4.15. The van der Waals surface area contributed by atoms with Crippen molar-refractivity contribution in [2.75, 3.05) is 0 Å². The van der Waals surface area contributed by atoms with Crippen LogP contribution in [0.5, 0.6) is 0 Å². The Bertz CT molecular complexity index is 542. The molecular weight excluding hydrogens is 332 g/mol. The number of halogens is 2. The van der Waals surface area contributed by atoms with Crippen molar-refractivity contribution < 1.29 is 0 Å². The number of hydrogen-bond donors (Lipinski definition) is 2. The summed E-state index contributed by atoms with van der Waals surface area (Å²) in [5, 5.41) is 2.84. The number of nitrogens with two attached hydrogens (primary N) is 1. The number of nitrogens with one attached hydrogen (secondary N) is 1. The number of aryl methyl sites for hydroxylation is 1. The first-order valence-corrected chi connectivity index (χ1v) is 7.61. The van der Waals surface area contributed by atoms with Crippen molar-refractivity contribution in [3.05, 3.63) is 55.1 Å². The molecule has 1 aromatic carbocycles. The van der Waals surface area contributed by atoms with Gasteiger partial charge in [-0.05, 0) is 57.9 Å². The van der Waals surface area contributed by atoms with Gasteiger partial charge in [0.15, 0.2) is 0 Å². The van der Waals surface area contributed by atoms with Crippen LogP contribution in [0.25, 0.3) is 0 Å². The number of rotatable bonds is 4. The van der Waals surface area contributed by atoms with Gasteiger partial charge < -0.3 is 0 Å². The molecular formula is C13H14BrClN2S. The van der Waals surface area contributed by atoms with Gasteiger partial charge in [-0.2, -0.15) is 0 Å². The molecule has 5 heteroatoms. The molecule has 0 spiro atoms. The van der Waals surface area contributed by atoms with E-state index in [1.165, 1.54) is 10.4 Å².